The highest BCUT2D eigenvalue weighted by molar-refractivity contribution is 5.98. The van der Waals surface area contributed by atoms with Crippen molar-refractivity contribution in [3.8, 4) is 5.75 Å². The molecular formula is C17H19NO5. The van der Waals surface area contributed by atoms with E-state index < -0.39 is 18.0 Å². The van der Waals surface area contributed by atoms with Crippen molar-refractivity contribution in [2.45, 2.75) is 13.0 Å². The Morgan fingerprint density at radius 2 is 1.83 bits per heavy atom. The molecule has 1 atom stereocenters. The average Bonchev–Trinajstić information content (AvgIpc) is 2.60. The highest BCUT2D eigenvalue weighted by Crippen LogP contribution is 2.28. The lowest BCUT2D eigenvalue weighted by Gasteiger charge is -2.24. The molecule has 122 valence electrons. The highest BCUT2D eigenvalue weighted by atomic mass is 16.5. The Morgan fingerprint density at radius 1 is 1.13 bits per heavy atom. The predicted octanol–water partition coefficient (Wildman–Crippen LogP) is 1.89. The fraction of sp³-hybridized carbons (Fsp3) is 0.294. The van der Waals surface area contributed by atoms with Crippen LogP contribution >= 0.6 is 0 Å². The summed E-state index contributed by atoms with van der Waals surface area (Å²) < 4.78 is 14.9. The molecule has 2 rings (SSSR count). The Labute approximate surface area is 134 Å². The molecule has 0 aliphatic carbocycles. The first-order valence-corrected chi connectivity index (χ1v) is 7.17. The topological polar surface area (TPSA) is 73.9 Å². The summed E-state index contributed by atoms with van der Waals surface area (Å²) in [7, 11) is 2.89. The van der Waals surface area contributed by atoms with Gasteiger partial charge in [-0.25, -0.2) is 9.59 Å². The fourth-order valence-electron chi connectivity index (χ4n) is 2.25. The first-order chi connectivity index (χ1) is 11.1. The number of dihydropyridines is 1. The molecule has 23 heavy (non-hydrogen) atoms. The van der Waals surface area contributed by atoms with Crippen molar-refractivity contribution in [1.82, 2.24) is 5.32 Å². The SMILES string of the molecule is CCOC(=O)C1=CNC(c2ccc(OC)cc2)C(C(=O)OC)=C1. The van der Waals surface area contributed by atoms with Gasteiger partial charge in [0, 0.05) is 6.20 Å². The zero-order chi connectivity index (χ0) is 16.8. The lowest BCUT2D eigenvalue weighted by atomic mass is 9.94. The molecule has 1 aromatic rings. The van der Waals surface area contributed by atoms with Crippen LogP contribution in [-0.4, -0.2) is 32.8 Å². The first kappa shape index (κ1) is 16.6. The van der Waals surface area contributed by atoms with Crippen molar-refractivity contribution in [3.63, 3.8) is 0 Å². The summed E-state index contributed by atoms with van der Waals surface area (Å²) in [5.41, 5.74) is 1.46. The lowest BCUT2D eigenvalue weighted by Crippen LogP contribution is -2.28. The first-order valence-electron chi connectivity index (χ1n) is 7.17. The summed E-state index contributed by atoms with van der Waals surface area (Å²) in [6.07, 6.45) is 3.04. The zero-order valence-electron chi connectivity index (χ0n) is 13.3. The standard InChI is InChI=1S/C17H19NO5/c1-4-23-16(19)12-9-14(17(20)22-3)15(18-10-12)11-5-7-13(21-2)8-6-11/h5-10,15,18H,4H2,1-3H3. The van der Waals surface area contributed by atoms with Crippen LogP contribution in [0.15, 0.2) is 47.7 Å². The van der Waals surface area contributed by atoms with E-state index in [-0.39, 0.29) is 12.2 Å². The van der Waals surface area contributed by atoms with Crippen LogP contribution in [0.2, 0.25) is 0 Å². The van der Waals surface area contributed by atoms with Gasteiger partial charge in [0.25, 0.3) is 0 Å². The molecule has 0 fully saturated rings. The maximum Gasteiger partial charge on any atom is 0.339 e. The van der Waals surface area contributed by atoms with Crippen molar-refractivity contribution < 1.29 is 23.8 Å². The second kappa shape index (κ2) is 7.49. The number of methoxy groups -OCH3 is 2. The molecule has 0 amide bonds. The second-order valence-corrected chi connectivity index (χ2v) is 4.78. The van der Waals surface area contributed by atoms with Crippen LogP contribution in [0.5, 0.6) is 5.75 Å². The van der Waals surface area contributed by atoms with Gasteiger partial charge >= 0.3 is 11.9 Å². The van der Waals surface area contributed by atoms with E-state index in [2.05, 4.69) is 5.32 Å². The third-order valence-electron chi connectivity index (χ3n) is 3.41. The summed E-state index contributed by atoms with van der Waals surface area (Å²) in [4.78, 5) is 23.9. The maximum atomic E-state index is 12.1. The number of carbonyl (C=O) groups is 2. The van der Waals surface area contributed by atoms with Gasteiger partial charge < -0.3 is 19.5 Å². The minimum absolute atomic E-state index is 0.263. The molecule has 0 aromatic heterocycles. The van der Waals surface area contributed by atoms with Gasteiger partial charge in [-0.2, -0.15) is 0 Å². The van der Waals surface area contributed by atoms with Crippen LogP contribution in [0, 0.1) is 0 Å². The molecule has 1 unspecified atom stereocenters. The molecule has 6 nitrogen and oxygen atoms in total. The van der Waals surface area contributed by atoms with Crippen LogP contribution in [0.1, 0.15) is 18.5 Å². The van der Waals surface area contributed by atoms with E-state index in [1.165, 1.54) is 13.2 Å². The molecule has 1 heterocycles. The Kier molecular flexibility index (Phi) is 5.41. The number of ether oxygens (including phenoxy) is 3. The van der Waals surface area contributed by atoms with Gasteiger partial charge in [-0.3, -0.25) is 0 Å². The van der Waals surface area contributed by atoms with Crippen LogP contribution in [0.25, 0.3) is 0 Å². The second-order valence-electron chi connectivity index (χ2n) is 4.78. The summed E-state index contributed by atoms with van der Waals surface area (Å²) in [6.45, 7) is 1.99. The number of nitrogens with one attached hydrogen (secondary N) is 1. The van der Waals surface area contributed by atoms with Gasteiger partial charge in [-0.15, -0.1) is 0 Å². The van der Waals surface area contributed by atoms with Crippen LogP contribution in [0.3, 0.4) is 0 Å². The molecule has 0 spiro atoms. The van der Waals surface area contributed by atoms with Gasteiger partial charge in [0.15, 0.2) is 0 Å². The monoisotopic (exact) mass is 317 g/mol. The van der Waals surface area contributed by atoms with E-state index in [9.17, 15) is 9.59 Å². The Bertz CT molecular complexity index is 645. The third kappa shape index (κ3) is 3.71. The third-order valence-corrected chi connectivity index (χ3v) is 3.41. The fourth-order valence-corrected chi connectivity index (χ4v) is 2.25. The number of hydrogen-bond acceptors (Lipinski definition) is 6. The van der Waals surface area contributed by atoms with Crippen molar-refractivity contribution in [1.29, 1.82) is 0 Å². The van der Waals surface area contributed by atoms with Crippen LogP contribution in [0.4, 0.5) is 0 Å². The van der Waals surface area contributed by atoms with Gasteiger partial charge in [0.2, 0.25) is 0 Å². The smallest absolute Gasteiger partial charge is 0.339 e. The van der Waals surface area contributed by atoms with Gasteiger partial charge in [0.1, 0.15) is 5.75 Å². The predicted molar refractivity (Wildman–Crippen MR) is 83.7 cm³/mol. The summed E-state index contributed by atoms with van der Waals surface area (Å²) in [6, 6.07) is 6.88. The van der Waals surface area contributed by atoms with E-state index in [1.54, 1.807) is 32.4 Å². The van der Waals surface area contributed by atoms with E-state index in [0.717, 1.165) is 11.3 Å². The molecule has 1 N–H and O–H groups in total. The normalized spacial score (nSPS) is 16.6. The number of carbonyl (C=O) groups excluding carboxylic acids is 2. The van der Waals surface area contributed by atoms with E-state index in [1.807, 2.05) is 12.1 Å². The zero-order valence-corrected chi connectivity index (χ0v) is 13.3. The van der Waals surface area contributed by atoms with E-state index in [4.69, 9.17) is 14.2 Å². The van der Waals surface area contributed by atoms with Crippen molar-refractivity contribution in [2.75, 3.05) is 20.8 Å². The highest BCUT2D eigenvalue weighted by Gasteiger charge is 2.27. The molecule has 0 saturated carbocycles. The van der Waals surface area contributed by atoms with Gasteiger partial charge in [0.05, 0.1) is 38.0 Å². The van der Waals surface area contributed by atoms with E-state index >= 15 is 0 Å². The molecule has 0 bridgehead atoms. The maximum absolute atomic E-state index is 12.1. The van der Waals surface area contributed by atoms with Crippen molar-refractivity contribution in [2.24, 2.45) is 0 Å². The average molecular weight is 317 g/mol. The Balaban J connectivity index is 2.32. The van der Waals surface area contributed by atoms with Gasteiger partial charge in [-0.05, 0) is 30.7 Å². The van der Waals surface area contributed by atoms with Crippen LogP contribution in [-0.2, 0) is 19.1 Å². The molecule has 0 radical (unpaired) electrons. The minimum atomic E-state index is -0.506. The molecule has 1 aliphatic rings. The van der Waals surface area contributed by atoms with Crippen molar-refractivity contribution in [3.05, 3.63) is 53.3 Å². The quantitative estimate of drug-likeness (QED) is 0.836. The Morgan fingerprint density at radius 3 is 2.39 bits per heavy atom. The molecular weight excluding hydrogens is 298 g/mol. The number of hydrogen-bond donors (Lipinski definition) is 1. The summed E-state index contributed by atoms with van der Waals surface area (Å²) in [5, 5.41) is 3.05. The summed E-state index contributed by atoms with van der Waals surface area (Å²) in [5.74, 6) is -0.279. The van der Waals surface area contributed by atoms with Crippen molar-refractivity contribution >= 4 is 11.9 Å². The number of benzene rings is 1. The lowest BCUT2D eigenvalue weighted by molar-refractivity contribution is -0.138. The number of rotatable bonds is 5. The molecule has 0 saturated heterocycles. The molecule has 1 aromatic carbocycles. The number of esters is 2. The minimum Gasteiger partial charge on any atom is -0.497 e. The molecule has 6 heteroatoms. The summed E-state index contributed by atoms with van der Waals surface area (Å²) >= 11 is 0. The Hall–Kier alpha value is -2.76. The molecule has 1 aliphatic heterocycles. The largest absolute Gasteiger partial charge is 0.497 e. The van der Waals surface area contributed by atoms with E-state index in [0.29, 0.717) is 5.57 Å². The van der Waals surface area contributed by atoms with Crippen LogP contribution < -0.4 is 10.1 Å². The van der Waals surface area contributed by atoms with Gasteiger partial charge in [-0.1, -0.05) is 12.1 Å².